The monoisotopic (exact) mass is 434 g/mol. The Morgan fingerprint density at radius 1 is 1.00 bits per heavy atom. The average Bonchev–Trinajstić information content (AvgIpc) is 3.12. The second-order valence-electron chi connectivity index (χ2n) is 7.88. The number of carbonyl (C=O) groups is 1. The molecular formula is C25H26N2O3S. The highest BCUT2D eigenvalue weighted by molar-refractivity contribution is 7.89. The summed E-state index contributed by atoms with van der Waals surface area (Å²) in [5.41, 5.74) is 4.50. The van der Waals surface area contributed by atoms with Crippen molar-refractivity contribution in [1.82, 2.24) is 4.72 Å². The summed E-state index contributed by atoms with van der Waals surface area (Å²) in [6.07, 6.45) is 1.64. The number of hydrogen-bond donors (Lipinski definition) is 1. The lowest BCUT2D eigenvalue weighted by molar-refractivity contribution is 0.0981. The van der Waals surface area contributed by atoms with Gasteiger partial charge in [-0.25, -0.2) is 13.1 Å². The first-order valence-corrected chi connectivity index (χ1v) is 12.0. The topological polar surface area (TPSA) is 66.5 Å². The molecule has 6 heteroatoms. The molecule has 0 bridgehead atoms. The maximum atomic E-state index is 13.1. The summed E-state index contributed by atoms with van der Waals surface area (Å²) < 4.78 is 28.0. The minimum atomic E-state index is -3.61. The van der Waals surface area contributed by atoms with Crippen molar-refractivity contribution in [3.63, 3.8) is 0 Å². The van der Waals surface area contributed by atoms with E-state index in [1.54, 1.807) is 12.1 Å². The molecule has 4 rings (SSSR count). The maximum Gasteiger partial charge on any atom is 0.258 e. The van der Waals surface area contributed by atoms with Gasteiger partial charge in [-0.3, -0.25) is 4.79 Å². The van der Waals surface area contributed by atoms with E-state index in [-0.39, 0.29) is 23.4 Å². The summed E-state index contributed by atoms with van der Waals surface area (Å²) in [6, 6.07) is 22.0. The maximum absolute atomic E-state index is 13.1. The highest BCUT2D eigenvalue weighted by atomic mass is 32.2. The largest absolute Gasteiger partial charge is 0.305 e. The van der Waals surface area contributed by atoms with Gasteiger partial charge in [0.25, 0.3) is 5.91 Å². The molecule has 0 saturated heterocycles. The fourth-order valence-corrected chi connectivity index (χ4v) is 4.98. The highest BCUT2D eigenvalue weighted by Crippen LogP contribution is 2.34. The zero-order chi connectivity index (χ0) is 22.0. The molecule has 3 aromatic carbocycles. The van der Waals surface area contributed by atoms with Crippen LogP contribution >= 0.6 is 0 Å². The van der Waals surface area contributed by atoms with E-state index in [2.05, 4.69) is 4.72 Å². The van der Waals surface area contributed by atoms with Crippen LogP contribution in [0.4, 0.5) is 5.69 Å². The van der Waals surface area contributed by atoms with Gasteiger partial charge in [-0.2, -0.15) is 0 Å². The Hall–Kier alpha value is -2.96. The second-order valence-corrected chi connectivity index (χ2v) is 9.65. The number of fused-ring (bicyclic) bond motifs is 1. The van der Waals surface area contributed by atoms with Crippen molar-refractivity contribution in [2.24, 2.45) is 0 Å². The van der Waals surface area contributed by atoms with E-state index < -0.39 is 10.0 Å². The fourth-order valence-electron chi connectivity index (χ4n) is 3.96. The quantitative estimate of drug-likeness (QED) is 0.628. The molecule has 1 aliphatic heterocycles. The number of rotatable bonds is 6. The van der Waals surface area contributed by atoms with Gasteiger partial charge in [-0.05, 0) is 66.8 Å². The average molecular weight is 435 g/mol. The van der Waals surface area contributed by atoms with Crippen LogP contribution in [0.5, 0.6) is 0 Å². The molecular weight excluding hydrogens is 408 g/mol. The lowest BCUT2D eigenvalue weighted by Crippen LogP contribution is -2.35. The third-order valence-corrected chi connectivity index (χ3v) is 7.13. The van der Waals surface area contributed by atoms with Crippen molar-refractivity contribution in [1.29, 1.82) is 0 Å². The first-order valence-electron chi connectivity index (χ1n) is 10.5. The number of nitrogens with one attached hydrogen (secondary N) is 1. The van der Waals surface area contributed by atoms with Crippen molar-refractivity contribution in [3.05, 3.63) is 95.1 Å². The van der Waals surface area contributed by atoms with E-state index in [0.717, 1.165) is 35.2 Å². The molecule has 31 heavy (non-hydrogen) atoms. The van der Waals surface area contributed by atoms with Gasteiger partial charge in [0.15, 0.2) is 0 Å². The highest BCUT2D eigenvalue weighted by Gasteiger charge is 2.31. The number of sulfonamides is 1. The van der Waals surface area contributed by atoms with Crippen molar-refractivity contribution in [2.75, 3.05) is 4.90 Å². The normalized spacial score (nSPS) is 15.7. The Morgan fingerprint density at radius 2 is 1.68 bits per heavy atom. The third-order valence-electron chi connectivity index (χ3n) is 5.71. The summed E-state index contributed by atoms with van der Waals surface area (Å²) >= 11 is 0. The van der Waals surface area contributed by atoms with Crippen LogP contribution in [0.1, 0.15) is 40.9 Å². The van der Waals surface area contributed by atoms with E-state index in [9.17, 15) is 13.2 Å². The zero-order valence-corrected chi connectivity index (χ0v) is 18.5. The Labute approximate surface area is 183 Å². The van der Waals surface area contributed by atoms with Gasteiger partial charge in [-0.15, -0.1) is 0 Å². The van der Waals surface area contributed by atoms with Crippen LogP contribution in [0.3, 0.4) is 0 Å². The minimum absolute atomic E-state index is 0.0411. The summed E-state index contributed by atoms with van der Waals surface area (Å²) in [5.74, 6) is -0.0411. The van der Waals surface area contributed by atoms with Crippen LogP contribution in [-0.4, -0.2) is 20.4 Å². The lowest BCUT2D eigenvalue weighted by atomic mass is 10.1. The number of hydrogen-bond acceptors (Lipinski definition) is 3. The van der Waals surface area contributed by atoms with Crippen molar-refractivity contribution >= 4 is 21.6 Å². The first-order chi connectivity index (χ1) is 14.9. The Kier molecular flexibility index (Phi) is 5.94. The molecule has 0 aromatic heterocycles. The van der Waals surface area contributed by atoms with Gasteiger partial charge in [0.1, 0.15) is 0 Å². The number of aryl methyl sites for hydroxylation is 1. The lowest BCUT2D eigenvalue weighted by Gasteiger charge is -2.23. The van der Waals surface area contributed by atoms with E-state index in [0.29, 0.717) is 5.56 Å². The molecule has 0 saturated carbocycles. The molecule has 1 aliphatic rings. The van der Waals surface area contributed by atoms with Crippen LogP contribution in [0.2, 0.25) is 0 Å². The number of amides is 1. The predicted molar refractivity (Wildman–Crippen MR) is 123 cm³/mol. The molecule has 1 atom stereocenters. The number of nitrogens with zero attached hydrogens (tertiary/aromatic N) is 1. The second kappa shape index (κ2) is 8.65. The molecule has 0 unspecified atom stereocenters. The van der Waals surface area contributed by atoms with Gasteiger partial charge in [0.2, 0.25) is 10.0 Å². The van der Waals surface area contributed by atoms with Gasteiger partial charge >= 0.3 is 0 Å². The van der Waals surface area contributed by atoms with E-state index in [4.69, 9.17) is 0 Å². The molecule has 0 spiro atoms. The molecule has 1 heterocycles. The van der Waals surface area contributed by atoms with Crippen LogP contribution in [0.25, 0.3) is 0 Å². The SMILES string of the molecule is CCc1ccc(S(=O)(=O)NCc2ccc3c(c2)N(C(=O)c2ccccc2)[C@@H](C)C3)cc1. The third kappa shape index (κ3) is 4.40. The van der Waals surface area contributed by atoms with E-state index in [1.165, 1.54) is 0 Å². The number of anilines is 1. The fraction of sp³-hybridized carbons (Fsp3) is 0.240. The summed E-state index contributed by atoms with van der Waals surface area (Å²) in [6.45, 7) is 4.22. The van der Waals surface area contributed by atoms with Crippen LogP contribution in [0, 0.1) is 0 Å². The van der Waals surface area contributed by atoms with Crippen molar-refractivity contribution in [2.45, 2.75) is 44.2 Å². The molecule has 0 aliphatic carbocycles. The van der Waals surface area contributed by atoms with E-state index >= 15 is 0 Å². The molecule has 0 radical (unpaired) electrons. The van der Waals surface area contributed by atoms with Crippen LogP contribution in [-0.2, 0) is 29.4 Å². The van der Waals surface area contributed by atoms with Crippen molar-refractivity contribution < 1.29 is 13.2 Å². The zero-order valence-electron chi connectivity index (χ0n) is 17.7. The summed E-state index contributed by atoms with van der Waals surface area (Å²) in [5, 5.41) is 0. The van der Waals surface area contributed by atoms with Crippen LogP contribution < -0.4 is 9.62 Å². The Balaban J connectivity index is 1.54. The van der Waals surface area contributed by atoms with Crippen molar-refractivity contribution in [3.8, 4) is 0 Å². The summed E-state index contributed by atoms with van der Waals surface area (Å²) in [4.78, 5) is 15.2. The molecule has 160 valence electrons. The van der Waals surface area contributed by atoms with Gasteiger partial charge in [0, 0.05) is 23.8 Å². The van der Waals surface area contributed by atoms with Gasteiger partial charge < -0.3 is 4.90 Å². The summed E-state index contributed by atoms with van der Waals surface area (Å²) in [7, 11) is -3.61. The number of carbonyl (C=O) groups excluding carboxylic acids is 1. The van der Waals surface area contributed by atoms with E-state index in [1.807, 2.05) is 79.4 Å². The van der Waals surface area contributed by atoms with Gasteiger partial charge in [-0.1, -0.05) is 49.4 Å². The standard InChI is InChI=1S/C25H26N2O3S/c1-3-19-10-13-23(14-11-19)31(29,30)26-17-20-9-12-22-15-18(2)27(24(22)16-20)25(28)21-7-5-4-6-8-21/h4-14,16,18,26H,3,15,17H2,1-2H3/t18-/m0/s1. The molecule has 1 N–H and O–H groups in total. The Bertz CT molecular complexity index is 1190. The van der Waals surface area contributed by atoms with Gasteiger partial charge in [0.05, 0.1) is 4.90 Å². The minimum Gasteiger partial charge on any atom is -0.305 e. The number of benzene rings is 3. The smallest absolute Gasteiger partial charge is 0.258 e. The molecule has 1 amide bonds. The molecule has 3 aromatic rings. The predicted octanol–water partition coefficient (Wildman–Crippen LogP) is 4.32. The molecule has 5 nitrogen and oxygen atoms in total. The Morgan fingerprint density at radius 3 is 2.35 bits per heavy atom. The first kappa shape index (κ1) is 21.3. The van der Waals surface area contributed by atoms with Crippen LogP contribution in [0.15, 0.2) is 77.7 Å². The molecule has 0 fully saturated rings.